The highest BCUT2D eigenvalue weighted by atomic mass is 32.2. The van der Waals surface area contributed by atoms with E-state index < -0.39 is 5.25 Å². The zero-order valence-electron chi connectivity index (χ0n) is 20.0. The van der Waals surface area contributed by atoms with Gasteiger partial charge in [-0.05, 0) is 50.1 Å². The number of carbonyl (C=O) groups excluding carboxylic acids is 2. The zero-order valence-corrected chi connectivity index (χ0v) is 20.8. The number of aryl methyl sites for hydroxylation is 1. The smallest absolute Gasteiger partial charge is 0.242 e. The number of amidine groups is 1. The number of hydrogen-bond donors (Lipinski definition) is 1. The van der Waals surface area contributed by atoms with Gasteiger partial charge in [-0.1, -0.05) is 23.9 Å². The van der Waals surface area contributed by atoms with Crippen LogP contribution in [0.15, 0.2) is 47.5 Å². The van der Waals surface area contributed by atoms with Crippen molar-refractivity contribution in [3.8, 4) is 11.5 Å². The Morgan fingerprint density at radius 2 is 2.00 bits per heavy atom. The van der Waals surface area contributed by atoms with Crippen LogP contribution in [0.3, 0.4) is 0 Å². The number of amides is 2. The lowest BCUT2D eigenvalue weighted by atomic mass is 10.2. The molecule has 1 atom stereocenters. The number of aliphatic imine (C=N–C) groups is 1. The first-order valence-corrected chi connectivity index (χ1v) is 12.1. The summed E-state index contributed by atoms with van der Waals surface area (Å²) in [5, 5.41) is 2.89. The maximum Gasteiger partial charge on any atom is 0.242 e. The number of nitrogens with one attached hydrogen (secondary N) is 1. The van der Waals surface area contributed by atoms with E-state index in [1.807, 2.05) is 38.1 Å². The van der Waals surface area contributed by atoms with Crippen molar-refractivity contribution in [3.63, 3.8) is 0 Å². The van der Waals surface area contributed by atoms with Crippen LogP contribution in [-0.2, 0) is 14.3 Å². The van der Waals surface area contributed by atoms with Crippen LogP contribution in [0.2, 0.25) is 0 Å². The summed E-state index contributed by atoms with van der Waals surface area (Å²) in [5.74, 6) is 0.707. The number of thioether (sulfide) groups is 1. The van der Waals surface area contributed by atoms with Crippen molar-refractivity contribution in [2.45, 2.75) is 31.9 Å². The molecule has 182 valence electrons. The molecule has 2 amide bonds. The predicted molar refractivity (Wildman–Crippen MR) is 135 cm³/mol. The summed E-state index contributed by atoms with van der Waals surface area (Å²) in [6.07, 6.45) is 0.711. The van der Waals surface area contributed by atoms with E-state index >= 15 is 0 Å². The van der Waals surface area contributed by atoms with E-state index in [9.17, 15) is 9.59 Å². The molecular weight excluding hydrogens is 454 g/mol. The van der Waals surface area contributed by atoms with E-state index in [0.29, 0.717) is 48.5 Å². The highest BCUT2D eigenvalue weighted by Gasteiger charge is 2.39. The van der Waals surface area contributed by atoms with Crippen molar-refractivity contribution in [1.29, 1.82) is 0 Å². The van der Waals surface area contributed by atoms with Gasteiger partial charge in [-0.15, -0.1) is 0 Å². The van der Waals surface area contributed by atoms with Gasteiger partial charge in [0.1, 0.15) is 16.7 Å². The number of methoxy groups -OCH3 is 2. The van der Waals surface area contributed by atoms with Crippen LogP contribution < -0.4 is 14.8 Å². The van der Waals surface area contributed by atoms with Gasteiger partial charge in [-0.25, -0.2) is 4.99 Å². The van der Waals surface area contributed by atoms with Crippen molar-refractivity contribution < 1.29 is 23.8 Å². The Labute approximate surface area is 204 Å². The number of anilines is 1. The number of rotatable bonds is 11. The van der Waals surface area contributed by atoms with Gasteiger partial charge in [0.25, 0.3) is 0 Å². The second kappa shape index (κ2) is 12.4. The molecule has 34 heavy (non-hydrogen) atoms. The van der Waals surface area contributed by atoms with Crippen molar-refractivity contribution >= 4 is 40.1 Å². The molecule has 0 aliphatic carbocycles. The van der Waals surface area contributed by atoms with Crippen LogP contribution in [0, 0.1) is 6.92 Å². The summed E-state index contributed by atoms with van der Waals surface area (Å²) in [4.78, 5) is 32.4. The number of benzene rings is 2. The van der Waals surface area contributed by atoms with Gasteiger partial charge >= 0.3 is 0 Å². The Balaban J connectivity index is 1.73. The minimum atomic E-state index is -0.556. The second-order valence-electron chi connectivity index (χ2n) is 7.70. The fourth-order valence-electron chi connectivity index (χ4n) is 3.48. The second-order valence-corrected chi connectivity index (χ2v) is 8.87. The Bertz CT molecular complexity index is 1040. The standard InChI is InChI=1S/C25H31N3O5S/c1-5-33-13-7-12-28-24(30)22(34-25(28)26-18-9-6-8-17(2)14-18)16-23(29)27-20-11-10-19(31-3)15-21(20)32-4/h6,8-11,14-15,22H,5,7,12-13,16H2,1-4H3,(H,27,29). The Hall–Kier alpha value is -3.04. The lowest BCUT2D eigenvalue weighted by Crippen LogP contribution is -2.34. The molecule has 0 spiro atoms. The molecule has 0 radical (unpaired) electrons. The van der Waals surface area contributed by atoms with Crippen molar-refractivity contribution in [3.05, 3.63) is 48.0 Å². The van der Waals surface area contributed by atoms with Crippen LogP contribution in [0.1, 0.15) is 25.3 Å². The minimum Gasteiger partial charge on any atom is -0.497 e. The molecule has 9 heteroatoms. The third-order valence-corrected chi connectivity index (χ3v) is 6.35. The molecule has 1 heterocycles. The Kier molecular flexibility index (Phi) is 9.35. The maximum absolute atomic E-state index is 13.2. The lowest BCUT2D eigenvalue weighted by Gasteiger charge is -2.16. The average molecular weight is 486 g/mol. The van der Waals surface area contributed by atoms with Crippen molar-refractivity contribution in [2.24, 2.45) is 4.99 Å². The molecule has 0 aromatic heterocycles. The first-order valence-electron chi connectivity index (χ1n) is 11.2. The fourth-order valence-corrected chi connectivity index (χ4v) is 4.66. The molecule has 8 nitrogen and oxygen atoms in total. The van der Waals surface area contributed by atoms with E-state index in [4.69, 9.17) is 19.2 Å². The van der Waals surface area contributed by atoms with Crippen molar-refractivity contribution in [2.75, 3.05) is 39.3 Å². The quantitative estimate of drug-likeness (QED) is 0.475. The first kappa shape index (κ1) is 25.6. The molecule has 2 aromatic rings. The highest BCUT2D eigenvalue weighted by Crippen LogP contribution is 2.33. The predicted octanol–water partition coefficient (Wildman–Crippen LogP) is 4.40. The van der Waals surface area contributed by atoms with Gasteiger partial charge in [0.15, 0.2) is 5.17 Å². The first-order chi connectivity index (χ1) is 16.4. The van der Waals surface area contributed by atoms with Gasteiger partial charge in [0, 0.05) is 32.2 Å². The van der Waals surface area contributed by atoms with Crippen LogP contribution in [-0.4, -0.2) is 61.1 Å². The summed E-state index contributed by atoms with van der Waals surface area (Å²) >= 11 is 1.32. The number of ether oxygens (including phenoxy) is 3. The molecule has 2 aromatic carbocycles. The summed E-state index contributed by atoms with van der Waals surface area (Å²) < 4.78 is 16.0. The molecule has 1 aliphatic rings. The lowest BCUT2D eigenvalue weighted by molar-refractivity contribution is -0.128. The number of hydrogen-bond acceptors (Lipinski definition) is 7. The monoisotopic (exact) mass is 485 g/mol. The maximum atomic E-state index is 13.2. The van der Waals surface area contributed by atoms with Gasteiger partial charge < -0.3 is 19.5 Å². The van der Waals surface area contributed by atoms with Gasteiger partial charge in [0.05, 0.1) is 25.6 Å². The van der Waals surface area contributed by atoms with E-state index in [1.54, 1.807) is 30.2 Å². The molecule has 0 saturated carbocycles. The Morgan fingerprint density at radius 3 is 2.71 bits per heavy atom. The number of nitrogens with zero attached hydrogens (tertiary/aromatic N) is 2. The van der Waals surface area contributed by atoms with Gasteiger partial charge in [-0.2, -0.15) is 0 Å². The minimum absolute atomic E-state index is 0.0213. The molecule has 1 unspecified atom stereocenters. The molecule has 1 saturated heterocycles. The van der Waals surface area contributed by atoms with E-state index in [-0.39, 0.29) is 18.2 Å². The molecule has 1 N–H and O–H groups in total. The van der Waals surface area contributed by atoms with E-state index in [2.05, 4.69) is 5.32 Å². The van der Waals surface area contributed by atoms with Gasteiger partial charge in [0.2, 0.25) is 11.8 Å². The summed E-state index contributed by atoms with van der Waals surface area (Å²) in [6.45, 7) is 5.61. The average Bonchev–Trinajstić information content (AvgIpc) is 3.10. The normalized spacial score (nSPS) is 16.7. The SMILES string of the molecule is CCOCCCN1C(=O)C(CC(=O)Nc2ccc(OC)cc2OC)SC1=Nc1cccc(C)c1. The molecule has 3 rings (SSSR count). The fraction of sp³-hybridized carbons (Fsp3) is 0.400. The third kappa shape index (κ3) is 6.74. The third-order valence-electron chi connectivity index (χ3n) is 5.17. The zero-order chi connectivity index (χ0) is 24.5. The topological polar surface area (TPSA) is 89.5 Å². The highest BCUT2D eigenvalue weighted by molar-refractivity contribution is 8.15. The van der Waals surface area contributed by atoms with Gasteiger partial charge in [-0.3, -0.25) is 14.5 Å². The van der Waals surface area contributed by atoms with E-state index in [1.165, 1.54) is 18.9 Å². The van der Waals surface area contributed by atoms with Crippen LogP contribution in [0.5, 0.6) is 11.5 Å². The molecular formula is C25H31N3O5S. The summed E-state index contributed by atoms with van der Waals surface area (Å²) in [6, 6.07) is 12.9. The van der Waals surface area contributed by atoms with Crippen molar-refractivity contribution in [1.82, 2.24) is 4.90 Å². The largest absolute Gasteiger partial charge is 0.497 e. The van der Waals surface area contributed by atoms with Crippen LogP contribution >= 0.6 is 11.8 Å². The van der Waals surface area contributed by atoms with Crippen LogP contribution in [0.25, 0.3) is 0 Å². The molecule has 1 aliphatic heterocycles. The summed E-state index contributed by atoms with van der Waals surface area (Å²) in [7, 11) is 3.08. The van der Waals surface area contributed by atoms with Crippen LogP contribution in [0.4, 0.5) is 11.4 Å². The molecule has 1 fully saturated rings. The van der Waals surface area contributed by atoms with E-state index in [0.717, 1.165) is 11.3 Å². The molecule has 0 bridgehead atoms. The summed E-state index contributed by atoms with van der Waals surface area (Å²) in [5.41, 5.74) is 2.38. The number of carbonyl (C=O) groups is 2. The Morgan fingerprint density at radius 1 is 1.18 bits per heavy atom.